The lowest BCUT2D eigenvalue weighted by Gasteiger charge is -2.14. The van der Waals surface area contributed by atoms with E-state index in [9.17, 15) is 4.79 Å². The van der Waals surface area contributed by atoms with Crippen LogP contribution in [-0.2, 0) is 4.79 Å². The summed E-state index contributed by atoms with van der Waals surface area (Å²) in [5.41, 5.74) is 1.10. The van der Waals surface area contributed by atoms with Gasteiger partial charge in [-0.15, -0.1) is 6.58 Å². The van der Waals surface area contributed by atoms with Crippen molar-refractivity contribution in [3.05, 3.63) is 48.6 Å². The zero-order chi connectivity index (χ0) is 16.5. The molecule has 0 aliphatic carbocycles. The minimum Gasteiger partial charge on any atom is -0.454 e. The van der Waals surface area contributed by atoms with Gasteiger partial charge >= 0.3 is 0 Å². The minimum absolute atomic E-state index is 0.134. The molecule has 3 heteroatoms. The maximum atomic E-state index is 12.2. The Labute approximate surface area is 139 Å². The first-order chi connectivity index (χ1) is 11.2. The summed E-state index contributed by atoms with van der Waals surface area (Å²) >= 11 is 0. The van der Waals surface area contributed by atoms with Gasteiger partial charge < -0.3 is 9.47 Å². The summed E-state index contributed by atoms with van der Waals surface area (Å²) in [6, 6.07) is 5.91. The molecule has 3 nitrogen and oxygen atoms in total. The summed E-state index contributed by atoms with van der Waals surface area (Å²) in [6.45, 7) is 6.27. The van der Waals surface area contributed by atoms with Crippen LogP contribution in [0.5, 0.6) is 11.5 Å². The van der Waals surface area contributed by atoms with E-state index in [0.717, 1.165) is 36.3 Å². The largest absolute Gasteiger partial charge is 0.454 e. The van der Waals surface area contributed by atoms with Crippen molar-refractivity contribution in [2.75, 3.05) is 6.79 Å². The highest BCUT2D eigenvalue weighted by atomic mass is 16.7. The molecule has 23 heavy (non-hydrogen) atoms. The first-order valence-electron chi connectivity index (χ1n) is 8.44. The smallest absolute Gasteiger partial charge is 0.231 e. The summed E-state index contributed by atoms with van der Waals surface area (Å²) < 4.78 is 10.8. The van der Waals surface area contributed by atoms with E-state index in [2.05, 4.69) is 13.5 Å². The number of ether oxygens (including phenoxy) is 2. The van der Waals surface area contributed by atoms with Gasteiger partial charge in [0.05, 0.1) is 0 Å². The molecule has 0 saturated heterocycles. The Morgan fingerprint density at radius 2 is 2.13 bits per heavy atom. The van der Waals surface area contributed by atoms with Crippen LogP contribution in [0, 0.1) is 0 Å². The van der Waals surface area contributed by atoms with Crippen molar-refractivity contribution < 1.29 is 14.3 Å². The molecule has 0 N–H and O–H groups in total. The van der Waals surface area contributed by atoms with Gasteiger partial charge in [0.25, 0.3) is 0 Å². The van der Waals surface area contributed by atoms with Crippen molar-refractivity contribution in [1.29, 1.82) is 0 Å². The highest BCUT2D eigenvalue weighted by Crippen LogP contribution is 2.36. The molecule has 0 saturated carbocycles. The zero-order valence-electron chi connectivity index (χ0n) is 13.9. The van der Waals surface area contributed by atoms with Crippen molar-refractivity contribution in [1.82, 2.24) is 0 Å². The van der Waals surface area contributed by atoms with Crippen molar-refractivity contribution in [3.8, 4) is 11.5 Å². The Balaban J connectivity index is 1.95. The van der Waals surface area contributed by atoms with E-state index in [1.54, 1.807) is 6.08 Å². The lowest BCUT2D eigenvalue weighted by molar-refractivity contribution is -0.115. The minimum atomic E-state index is 0.134. The number of unbranched alkanes of at least 4 members (excludes halogenated alkanes) is 3. The number of fused-ring (bicyclic) bond motifs is 1. The fourth-order valence-corrected chi connectivity index (χ4v) is 2.74. The molecule has 124 valence electrons. The number of hydrogen-bond donors (Lipinski definition) is 0. The van der Waals surface area contributed by atoms with E-state index in [1.807, 2.05) is 30.4 Å². The molecule has 1 aromatic rings. The van der Waals surface area contributed by atoms with Crippen LogP contribution in [-0.4, -0.2) is 12.6 Å². The van der Waals surface area contributed by atoms with Gasteiger partial charge in [-0.25, -0.2) is 0 Å². The summed E-state index contributed by atoms with van der Waals surface area (Å²) in [6.07, 6.45) is 11.4. The van der Waals surface area contributed by atoms with Gasteiger partial charge in [-0.3, -0.25) is 4.79 Å². The number of ketones is 1. The van der Waals surface area contributed by atoms with Gasteiger partial charge in [0.2, 0.25) is 6.79 Å². The third-order valence-electron chi connectivity index (χ3n) is 4.04. The van der Waals surface area contributed by atoms with Crippen LogP contribution in [0.25, 0.3) is 0 Å². The number of rotatable bonds is 10. The quantitative estimate of drug-likeness (QED) is 0.339. The molecule has 0 amide bonds. The molecule has 0 unspecified atom stereocenters. The molecule has 1 atom stereocenters. The number of benzene rings is 1. The maximum absolute atomic E-state index is 12.2. The number of carbonyl (C=O) groups is 1. The van der Waals surface area contributed by atoms with Crippen LogP contribution in [0.2, 0.25) is 0 Å². The molecule has 0 bridgehead atoms. The molecular weight excluding hydrogens is 288 g/mol. The Hall–Kier alpha value is -2.03. The van der Waals surface area contributed by atoms with Crippen molar-refractivity contribution in [2.45, 2.75) is 51.4 Å². The molecule has 2 rings (SSSR count). The fourth-order valence-electron chi connectivity index (χ4n) is 2.74. The SMILES string of the molecule is C=CC[C@H](CC(=O)/C=C/CCCCC)c1ccc2c(c1)OCO2. The summed E-state index contributed by atoms with van der Waals surface area (Å²) in [5.74, 6) is 1.84. The Bertz CT molecular complexity index is 560. The Morgan fingerprint density at radius 1 is 1.30 bits per heavy atom. The zero-order valence-corrected chi connectivity index (χ0v) is 13.9. The van der Waals surface area contributed by atoms with E-state index in [0.29, 0.717) is 6.42 Å². The Kier molecular flexibility index (Phi) is 6.92. The van der Waals surface area contributed by atoms with Crippen molar-refractivity contribution in [2.24, 2.45) is 0 Å². The number of allylic oxidation sites excluding steroid dienone is 3. The second kappa shape index (κ2) is 9.19. The maximum Gasteiger partial charge on any atom is 0.231 e. The normalized spacial score (nSPS) is 14.1. The van der Waals surface area contributed by atoms with Crippen LogP contribution in [0.15, 0.2) is 43.0 Å². The van der Waals surface area contributed by atoms with E-state index in [-0.39, 0.29) is 18.5 Å². The van der Waals surface area contributed by atoms with Gasteiger partial charge in [0.15, 0.2) is 17.3 Å². The average molecular weight is 314 g/mol. The third kappa shape index (κ3) is 5.27. The summed E-state index contributed by atoms with van der Waals surface area (Å²) in [5, 5.41) is 0. The summed E-state index contributed by atoms with van der Waals surface area (Å²) in [4.78, 5) is 12.2. The van der Waals surface area contributed by atoms with E-state index in [1.165, 1.54) is 12.8 Å². The first kappa shape index (κ1) is 17.3. The van der Waals surface area contributed by atoms with Crippen LogP contribution >= 0.6 is 0 Å². The fraction of sp³-hybridized carbons (Fsp3) is 0.450. The number of carbonyl (C=O) groups excluding carboxylic acids is 1. The topological polar surface area (TPSA) is 35.5 Å². The lowest BCUT2D eigenvalue weighted by Crippen LogP contribution is -2.05. The van der Waals surface area contributed by atoms with Crippen molar-refractivity contribution >= 4 is 5.78 Å². The molecule has 0 spiro atoms. The van der Waals surface area contributed by atoms with Crippen LogP contribution < -0.4 is 9.47 Å². The lowest BCUT2D eigenvalue weighted by atomic mass is 9.90. The highest BCUT2D eigenvalue weighted by molar-refractivity contribution is 5.90. The number of hydrogen-bond acceptors (Lipinski definition) is 3. The van der Waals surface area contributed by atoms with E-state index in [4.69, 9.17) is 9.47 Å². The molecule has 1 heterocycles. The summed E-state index contributed by atoms with van der Waals surface area (Å²) in [7, 11) is 0. The van der Waals surface area contributed by atoms with E-state index < -0.39 is 0 Å². The third-order valence-corrected chi connectivity index (χ3v) is 4.04. The van der Waals surface area contributed by atoms with Gasteiger partial charge in [-0.05, 0) is 49.0 Å². The van der Waals surface area contributed by atoms with Gasteiger partial charge in [0, 0.05) is 6.42 Å². The molecule has 0 aromatic heterocycles. The van der Waals surface area contributed by atoms with Crippen LogP contribution in [0.1, 0.15) is 56.9 Å². The molecule has 0 fully saturated rings. The monoisotopic (exact) mass is 314 g/mol. The first-order valence-corrected chi connectivity index (χ1v) is 8.44. The second-order valence-corrected chi connectivity index (χ2v) is 5.90. The predicted molar refractivity (Wildman–Crippen MR) is 93.0 cm³/mol. The average Bonchev–Trinajstić information content (AvgIpc) is 3.02. The molecule has 1 aliphatic rings. The van der Waals surface area contributed by atoms with E-state index >= 15 is 0 Å². The predicted octanol–water partition coefficient (Wildman–Crippen LogP) is 5.17. The Morgan fingerprint density at radius 3 is 2.91 bits per heavy atom. The molecule has 1 aromatic carbocycles. The van der Waals surface area contributed by atoms with Crippen LogP contribution in [0.4, 0.5) is 0 Å². The molecule has 0 radical (unpaired) electrons. The van der Waals surface area contributed by atoms with Gasteiger partial charge in [0.1, 0.15) is 0 Å². The van der Waals surface area contributed by atoms with Gasteiger partial charge in [-0.1, -0.05) is 38.0 Å². The van der Waals surface area contributed by atoms with Crippen molar-refractivity contribution in [3.63, 3.8) is 0 Å². The highest BCUT2D eigenvalue weighted by Gasteiger charge is 2.18. The van der Waals surface area contributed by atoms with Gasteiger partial charge in [-0.2, -0.15) is 0 Å². The second-order valence-electron chi connectivity index (χ2n) is 5.90. The standard InChI is InChI=1S/C20H26O3/c1-3-5-6-7-8-10-18(21)13-16(9-4-2)17-11-12-19-20(14-17)23-15-22-19/h4,8,10-12,14,16H,2-3,5-7,9,13,15H2,1H3/b10-8+/t16-/m1/s1. The molecular formula is C20H26O3. The molecule has 1 aliphatic heterocycles. The van der Waals surface area contributed by atoms with Crippen LogP contribution in [0.3, 0.4) is 0 Å².